The lowest BCUT2D eigenvalue weighted by atomic mass is 9.80. The SMILES string of the molecule is CCOC(=O)C(C)(Cc1cccc(F)c1)c1ccnc2c(-c3ccc(C)cc3)c(COC)nn12. The topological polar surface area (TPSA) is 65.7 Å². The summed E-state index contributed by atoms with van der Waals surface area (Å²) >= 11 is 0. The molecule has 176 valence electrons. The maximum Gasteiger partial charge on any atom is 0.318 e. The molecule has 1 atom stereocenters. The zero-order valence-electron chi connectivity index (χ0n) is 19.8. The second-order valence-corrected chi connectivity index (χ2v) is 8.55. The minimum Gasteiger partial charge on any atom is -0.465 e. The van der Waals surface area contributed by atoms with Gasteiger partial charge in [-0.3, -0.25) is 4.79 Å². The number of halogens is 1. The molecule has 0 aliphatic carbocycles. The van der Waals surface area contributed by atoms with E-state index in [1.54, 1.807) is 49.9 Å². The molecule has 4 aromatic rings. The minimum atomic E-state index is -1.13. The molecule has 0 spiro atoms. The zero-order valence-corrected chi connectivity index (χ0v) is 19.8. The fourth-order valence-corrected chi connectivity index (χ4v) is 4.27. The molecule has 7 heteroatoms. The number of rotatable bonds is 8. The molecule has 0 fully saturated rings. The molecule has 0 radical (unpaired) electrons. The number of aryl methyl sites for hydroxylation is 1. The summed E-state index contributed by atoms with van der Waals surface area (Å²) in [5, 5.41) is 4.82. The summed E-state index contributed by atoms with van der Waals surface area (Å²) in [6.07, 6.45) is 1.91. The smallest absolute Gasteiger partial charge is 0.318 e. The van der Waals surface area contributed by atoms with E-state index in [2.05, 4.69) is 4.98 Å². The Morgan fingerprint density at radius 1 is 1.15 bits per heavy atom. The van der Waals surface area contributed by atoms with Crippen LogP contribution in [0.3, 0.4) is 0 Å². The first-order valence-electron chi connectivity index (χ1n) is 11.2. The second kappa shape index (κ2) is 9.73. The number of aromatic nitrogens is 3. The average molecular weight is 462 g/mol. The molecule has 0 saturated carbocycles. The maximum atomic E-state index is 13.9. The molecule has 2 heterocycles. The lowest BCUT2D eigenvalue weighted by Gasteiger charge is -2.28. The molecule has 0 amide bonds. The summed E-state index contributed by atoms with van der Waals surface area (Å²) in [5.74, 6) is -0.765. The van der Waals surface area contributed by atoms with Crippen LogP contribution < -0.4 is 0 Å². The summed E-state index contributed by atoms with van der Waals surface area (Å²) in [6, 6.07) is 16.1. The Morgan fingerprint density at radius 2 is 1.91 bits per heavy atom. The first-order chi connectivity index (χ1) is 16.4. The average Bonchev–Trinajstić information content (AvgIpc) is 3.18. The van der Waals surface area contributed by atoms with E-state index in [0.29, 0.717) is 22.6 Å². The first kappa shape index (κ1) is 23.6. The van der Waals surface area contributed by atoms with E-state index >= 15 is 0 Å². The Labute approximate surface area is 198 Å². The monoisotopic (exact) mass is 461 g/mol. The van der Waals surface area contributed by atoms with Gasteiger partial charge >= 0.3 is 5.97 Å². The van der Waals surface area contributed by atoms with Gasteiger partial charge in [0.2, 0.25) is 0 Å². The van der Waals surface area contributed by atoms with Crippen LogP contribution in [0.25, 0.3) is 16.8 Å². The van der Waals surface area contributed by atoms with Crippen molar-refractivity contribution in [1.29, 1.82) is 0 Å². The van der Waals surface area contributed by atoms with Crippen LogP contribution in [0.15, 0.2) is 60.8 Å². The van der Waals surface area contributed by atoms with Crippen molar-refractivity contribution in [2.45, 2.75) is 39.2 Å². The molecule has 0 bridgehead atoms. The quantitative estimate of drug-likeness (QED) is 0.344. The highest BCUT2D eigenvalue weighted by Gasteiger charge is 2.40. The molecular weight excluding hydrogens is 433 g/mol. The van der Waals surface area contributed by atoms with Crippen molar-refractivity contribution in [2.24, 2.45) is 0 Å². The van der Waals surface area contributed by atoms with Gasteiger partial charge in [0.1, 0.15) is 11.2 Å². The van der Waals surface area contributed by atoms with Crippen molar-refractivity contribution in [3.63, 3.8) is 0 Å². The Hall–Kier alpha value is -3.58. The summed E-state index contributed by atoms with van der Waals surface area (Å²) in [7, 11) is 1.62. The third-order valence-corrected chi connectivity index (χ3v) is 5.95. The molecule has 4 rings (SSSR count). The van der Waals surface area contributed by atoms with Crippen LogP contribution in [0, 0.1) is 12.7 Å². The number of hydrogen-bond acceptors (Lipinski definition) is 5. The Bertz CT molecular complexity index is 1320. The van der Waals surface area contributed by atoms with Crippen molar-refractivity contribution in [3.05, 3.63) is 89.1 Å². The number of esters is 1. The molecule has 34 heavy (non-hydrogen) atoms. The van der Waals surface area contributed by atoms with Crippen molar-refractivity contribution >= 4 is 11.6 Å². The Balaban J connectivity index is 1.94. The highest BCUT2D eigenvalue weighted by molar-refractivity contribution is 5.84. The molecule has 0 aliphatic rings. The van der Waals surface area contributed by atoms with Crippen molar-refractivity contribution in [3.8, 4) is 11.1 Å². The number of hydrogen-bond donors (Lipinski definition) is 0. The maximum absolute atomic E-state index is 13.9. The molecule has 6 nitrogen and oxygen atoms in total. The van der Waals surface area contributed by atoms with E-state index < -0.39 is 11.4 Å². The van der Waals surface area contributed by atoms with Gasteiger partial charge in [-0.05, 0) is 56.5 Å². The van der Waals surface area contributed by atoms with Crippen LogP contribution in [0.1, 0.15) is 36.4 Å². The third kappa shape index (κ3) is 4.43. The van der Waals surface area contributed by atoms with Gasteiger partial charge in [0, 0.05) is 13.3 Å². The third-order valence-electron chi connectivity index (χ3n) is 5.95. The summed E-state index contributed by atoms with van der Waals surface area (Å²) in [4.78, 5) is 17.9. The van der Waals surface area contributed by atoms with Gasteiger partial charge in [0.25, 0.3) is 0 Å². The van der Waals surface area contributed by atoms with Crippen LogP contribution in [-0.4, -0.2) is 34.3 Å². The van der Waals surface area contributed by atoms with Crippen molar-refractivity contribution in [1.82, 2.24) is 14.6 Å². The summed E-state index contributed by atoms with van der Waals surface area (Å²) in [6.45, 7) is 6.11. The van der Waals surface area contributed by atoms with Gasteiger partial charge in [-0.2, -0.15) is 5.10 Å². The molecular formula is C27H28FN3O3. The fourth-order valence-electron chi connectivity index (χ4n) is 4.27. The van der Waals surface area contributed by atoms with Crippen molar-refractivity contribution in [2.75, 3.05) is 13.7 Å². The van der Waals surface area contributed by atoms with E-state index in [4.69, 9.17) is 14.6 Å². The molecule has 0 aliphatic heterocycles. The zero-order chi connectivity index (χ0) is 24.3. The number of ether oxygens (including phenoxy) is 2. The van der Waals surface area contributed by atoms with E-state index in [1.165, 1.54) is 12.1 Å². The van der Waals surface area contributed by atoms with E-state index in [9.17, 15) is 9.18 Å². The normalized spacial score (nSPS) is 13.1. The second-order valence-electron chi connectivity index (χ2n) is 8.55. The van der Waals surface area contributed by atoms with Gasteiger partial charge in [0.05, 0.1) is 30.2 Å². The highest BCUT2D eigenvalue weighted by atomic mass is 19.1. The Morgan fingerprint density at radius 3 is 2.59 bits per heavy atom. The van der Waals surface area contributed by atoms with Crippen LogP contribution in [0.5, 0.6) is 0 Å². The van der Waals surface area contributed by atoms with Crippen LogP contribution >= 0.6 is 0 Å². The number of benzene rings is 2. The van der Waals surface area contributed by atoms with Crippen LogP contribution in [0.2, 0.25) is 0 Å². The number of fused-ring (bicyclic) bond motifs is 1. The molecule has 2 aromatic carbocycles. The van der Waals surface area contributed by atoms with Crippen LogP contribution in [-0.2, 0) is 32.7 Å². The number of carbonyl (C=O) groups is 1. The van der Waals surface area contributed by atoms with E-state index in [1.807, 2.05) is 31.2 Å². The number of carbonyl (C=O) groups excluding carboxylic acids is 1. The predicted octanol–water partition coefficient (Wildman–Crippen LogP) is 5.05. The van der Waals surface area contributed by atoms with Crippen LogP contribution in [0.4, 0.5) is 4.39 Å². The van der Waals surface area contributed by atoms with Gasteiger partial charge in [-0.1, -0.05) is 42.0 Å². The van der Waals surface area contributed by atoms with Gasteiger partial charge in [-0.15, -0.1) is 0 Å². The molecule has 0 N–H and O–H groups in total. The number of methoxy groups -OCH3 is 1. The molecule has 2 aromatic heterocycles. The van der Waals surface area contributed by atoms with E-state index in [0.717, 1.165) is 16.7 Å². The fraction of sp³-hybridized carbons (Fsp3) is 0.296. The first-order valence-corrected chi connectivity index (χ1v) is 11.2. The minimum absolute atomic E-state index is 0.231. The summed E-state index contributed by atoms with van der Waals surface area (Å²) in [5.41, 5.74) is 4.44. The predicted molar refractivity (Wildman–Crippen MR) is 128 cm³/mol. The number of nitrogens with zero attached hydrogens (tertiary/aromatic N) is 3. The molecule has 0 saturated heterocycles. The largest absolute Gasteiger partial charge is 0.465 e. The van der Waals surface area contributed by atoms with Gasteiger partial charge < -0.3 is 9.47 Å². The van der Waals surface area contributed by atoms with Gasteiger partial charge in [0.15, 0.2) is 5.65 Å². The highest BCUT2D eigenvalue weighted by Crippen LogP contribution is 2.34. The summed E-state index contributed by atoms with van der Waals surface area (Å²) < 4.78 is 26.5. The van der Waals surface area contributed by atoms with E-state index in [-0.39, 0.29) is 25.5 Å². The standard InChI is InChI=1S/C27H28FN3O3/c1-5-34-26(32)27(3,16-19-7-6-8-21(28)15-19)23-13-14-29-25-24(20-11-9-18(2)10-12-20)22(17-33-4)30-31(23)25/h6-15H,5,16-17H2,1-4H3. The van der Waals surface area contributed by atoms with Gasteiger partial charge in [-0.25, -0.2) is 13.9 Å². The molecule has 1 unspecified atom stereocenters. The Kier molecular flexibility index (Phi) is 6.75. The lowest BCUT2D eigenvalue weighted by Crippen LogP contribution is -2.38. The van der Waals surface area contributed by atoms with Crippen molar-refractivity contribution < 1.29 is 18.7 Å². The lowest BCUT2D eigenvalue weighted by molar-refractivity contribution is -0.149.